The monoisotopic (exact) mass is 528 g/mol. The fraction of sp³-hybridized carbons (Fsp3) is 0.577. The van der Waals surface area contributed by atoms with E-state index < -0.39 is 11.0 Å². The number of ether oxygens (including phenoxy) is 3. The molecule has 38 heavy (non-hydrogen) atoms. The minimum atomic E-state index is -0.612. The first-order valence-corrected chi connectivity index (χ1v) is 12.9. The highest BCUT2D eigenvalue weighted by Gasteiger charge is 2.26. The highest BCUT2D eigenvalue weighted by molar-refractivity contribution is 5.68. The van der Waals surface area contributed by atoms with Crippen molar-refractivity contribution in [1.82, 2.24) is 15.3 Å². The third kappa shape index (κ3) is 6.35. The van der Waals surface area contributed by atoms with Crippen LogP contribution in [-0.4, -0.2) is 61.4 Å². The van der Waals surface area contributed by atoms with Gasteiger partial charge in [-0.15, -0.1) is 0 Å². The normalized spacial score (nSPS) is 18.6. The van der Waals surface area contributed by atoms with Crippen molar-refractivity contribution in [2.24, 2.45) is 0 Å². The van der Waals surface area contributed by atoms with Crippen LogP contribution in [0, 0.1) is 10.1 Å². The van der Waals surface area contributed by atoms with E-state index in [1.807, 2.05) is 14.1 Å². The number of rotatable bonds is 9. The largest absolute Gasteiger partial charge is 0.493 e. The molecule has 0 bridgehead atoms. The number of nitro benzene ring substituents is 1. The Bertz CT molecular complexity index is 1170. The number of carbonyl (C=O) groups is 1. The fourth-order valence-corrected chi connectivity index (χ4v) is 5.12. The van der Waals surface area contributed by atoms with E-state index in [9.17, 15) is 14.9 Å². The zero-order chi connectivity index (χ0) is 27.2. The quantitative estimate of drug-likeness (QED) is 0.362. The molecule has 2 N–H and O–H groups in total. The Morgan fingerprint density at radius 3 is 2.37 bits per heavy atom. The van der Waals surface area contributed by atoms with E-state index >= 15 is 0 Å². The first-order chi connectivity index (χ1) is 18.3. The Morgan fingerprint density at radius 1 is 1.05 bits per heavy atom. The van der Waals surface area contributed by atoms with Crippen LogP contribution in [0.3, 0.4) is 0 Å². The number of nitrogens with zero attached hydrogens (tertiary/aromatic N) is 4. The Morgan fingerprint density at radius 2 is 1.71 bits per heavy atom. The number of amides is 1. The number of fused-ring (bicyclic) bond motifs is 1. The molecule has 0 aliphatic heterocycles. The lowest BCUT2D eigenvalue weighted by Crippen LogP contribution is -2.40. The number of aromatic nitrogens is 2. The van der Waals surface area contributed by atoms with Gasteiger partial charge in [-0.3, -0.25) is 10.1 Å². The van der Waals surface area contributed by atoms with Gasteiger partial charge < -0.3 is 29.7 Å². The van der Waals surface area contributed by atoms with Crippen LogP contribution in [0.25, 0.3) is 0 Å². The fourth-order valence-electron chi connectivity index (χ4n) is 5.12. The van der Waals surface area contributed by atoms with Crippen molar-refractivity contribution in [3.63, 3.8) is 0 Å². The van der Waals surface area contributed by atoms with E-state index in [4.69, 9.17) is 24.2 Å². The van der Waals surface area contributed by atoms with Gasteiger partial charge in [-0.05, 0) is 57.4 Å². The van der Waals surface area contributed by atoms with Gasteiger partial charge in [0.05, 0.1) is 36.5 Å². The Labute approximate surface area is 222 Å². The molecule has 0 spiro atoms. The summed E-state index contributed by atoms with van der Waals surface area (Å²) in [5.74, 6) is 2.21. The highest BCUT2D eigenvalue weighted by Crippen LogP contribution is 2.35. The minimum Gasteiger partial charge on any atom is -0.493 e. The zero-order valence-electron chi connectivity index (χ0n) is 22.4. The molecule has 1 heterocycles. The van der Waals surface area contributed by atoms with Crippen LogP contribution < -0.4 is 25.0 Å². The summed E-state index contributed by atoms with van der Waals surface area (Å²) < 4.78 is 15.7. The van der Waals surface area contributed by atoms with E-state index in [1.165, 1.54) is 38.3 Å². The van der Waals surface area contributed by atoms with Gasteiger partial charge in [0.1, 0.15) is 12.4 Å². The second-order valence-electron chi connectivity index (χ2n) is 9.90. The van der Waals surface area contributed by atoms with E-state index in [0.717, 1.165) is 56.5 Å². The number of alkyl carbamates (subject to hydrolysis) is 1. The molecule has 2 aliphatic rings. The lowest BCUT2D eigenvalue weighted by atomic mass is 9.91. The van der Waals surface area contributed by atoms with Crippen LogP contribution in [0.2, 0.25) is 0 Å². The summed E-state index contributed by atoms with van der Waals surface area (Å²) >= 11 is 0. The lowest BCUT2D eigenvalue weighted by Gasteiger charge is -2.30. The molecule has 1 amide bonds. The maximum absolute atomic E-state index is 12.5. The van der Waals surface area contributed by atoms with Gasteiger partial charge in [-0.2, -0.15) is 4.98 Å². The number of methoxy groups -OCH3 is 2. The molecule has 1 aromatic heterocycles. The number of anilines is 2. The first-order valence-electron chi connectivity index (χ1n) is 12.9. The molecule has 1 aromatic carbocycles. The average Bonchev–Trinajstić information content (AvgIpc) is 2.91. The zero-order valence-corrected chi connectivity index (χ0v) is 22.4. The van der Waals surface area contributed by atoms with Crippen LogP contribution in [-0.2, 0) is 24.2 Å². The summed E-state index contributed by atoms with van der Waals surface area (Å²) in [6, 6.07) is 2.89. The van der Waals surface area contributed by atoms with E-state index in [1.54, 1.807) is 0 Å². The molecule has 206 valence electrons. The summed E-state index contributed by atoms with van der Waals surface area (Å²) in [4.78, 5) is 35.0. The molecule has 0 atom stereocenters. The van der Waals surface area contributed by atoms with Gasteiger partial charge in [0.2, 0.25) is 5.95 Å². The van der Waals surface area contributed by atoms with E-state index in [-0.39, 0.29) is 35.7 Å². The van der Waals surface area contributed by atoms with Gasteiger partial charge >= 0.3 is 6.09 Å². The van der Waals surface area contributed by atoms with Crippen LogP contribution in [0.15, 0.2) is 12.1 Å². The van der Waals surface area contributed by atoms with E-state index in [0.29, 0.717) is 11.7 Å². The Kier molecular flexibility index (Phi) is 8.70. The SMILES string of the molecule is COc1cc(COC(=O)NC2CCC(Nc3nc4c(c(N(C)C)n3)CCCC4)CC2)c([N+](=O)[O-])cc1OC. The second-order valence-corrected chi connectivity index (χ2v) is 9.90. The standard InChI is InChI=1S/C26H36N6O6/c1-31(2)24-19-7-5-6-8-20(19)29-25(30-24)27-17-9-11-18(12-10-17)28-26(33)38-15-16-13-22(36-3)23(37-4)14-21(16)32(34)35/h13-14,17-18H,5-12,15H2,1-4H3,(H,28,33)(H,27,29,30). The van der Waals surface area contributed by atoms with Crippen LogP contribution in [0.1, 0.15) is 55.3 Å². The molecular formula is C26H36N6O6. The number of benzene rings is 1. The molecule has 0 unspecified atom stereocenters. The number of aryl methyl sites for hydroxylation is 1. The summed E-state index contributed by atoms with van der Waals surface area (Å²) in [6.07, 6.45) is 6.97. The average molecular weight is 529 g/mol. The van der Waals surface area contributed by atoms with Gasteiger partial charge in [0, 0.05) is 31.7 Å². The number of hydrogen-bond donors (Lipinski definition) is 2. The smallest absolute Gasteiger partial charge is 0.407 e. The predicted octanol–water partition coefficient (Wildman–Crippen LogP) is 4.00. The maximum atomic E-state index is 12.5. The molecule has 4 rings (SSSR count). The Hall–Kier alpha value is -3.83. The third-order valence-corrected chi connectivity index (χ3v) is 7.11. The maximum Gasteiger partial charge on any atom is 0.407 e. The summed E-state index contributed by atoms with van der Waals surface area (Å²) in [5, 5.41) is 17.9. The van der Waals surface area contributed by atoms with Gasteiger partial charge in [-0.1, -0.05) is 0 Å². The summed E-state index contributed by atoms with van der Waals surface area (Å²) in [5.41, 5.74) is 2.42. The summed E-state index contributed by atoms with van der Waals surface area (Å²) in [6.45, 7) is -0.261. The Balaban J connectivity index is 1.29. The van der Waals surface area contributed by atoms with Crippen LogP contribution >= 0.6 is 0 Å². The molecule has 2 aliphatic carbocycles. The molecule has 2 aromatic rings. The predicted molar refractivity (Wildman–Crippen MR) is 142 cm³/mol. The second kappa shape index (κ2) is 12.1. The van der Waals surface area contributed by atoms with Crippen LogP contribution in [0.5, 0.6) is 11.5 Å². The molecule has 12 nitrogen and oxygen atoms in total. The van der Waals surface area contributed by atoms with Crippen LogP contribution in [0.4, 0.5) is 22.2 Å². The molecular weight excluding hydrogens is 492 g/mol. The van der Waals surface area contributed by atoms with Crippen molar-refractivity contribution in [3.05, 3.63) is 39.1 Å². The molecule has 0 saturated heterocycles. The molecule has 12 heteroatoms. The number of hydrogen-bond acceptors (Lipinski definition) is 10. The van der Waals surface area contributed by atoms with Crippen molar-refractivity contribution in [2.45, 2.75) is 70.1 Å². The molecule has 1 fully saturated rings. The van der Waals surface area contributed by atoms with Gasteiger partial charge in [-0.25, -0.2) is 9.78 Å². The lowest BCUT2D eigenvalue weighted by molar-refractivity contribution is -0.385. The first kappa shape index (κ1) is 27.2. The van der Waals surface area contributed by atoms with Crippen molar-refractivity contribution in [2.75, 3.05) is 38.5 Å². The number of nitrogens with one attached hydrogen (secondary N) is 2. The molecule has 1 saturated carbocycles. The topological polar surface area (TPSA) is 141 Å². The van der Waals surface area contributed by atoms with Crippen molar-refractivity contribution in [3.8, 4) is 11.5 Å². The van der Waals surface area contributed by atoms with Crippen molar-refractivity contribution >= 4 is 23.5 Å². The van der Waals surface area contributed by atoms with Gasteiger partial charge in [0.25, 0.3) is 5.69 Å². The van der Waals surface area contributed by atoms with E-state index in [2.05, 4.69) is 15.5 Å². The number of nitro groups is 1. The van der Waals surface area contributed by atoms with Crippen molar-refractivity contribution < 1.29 is 23.9 Å². The summed E-state index contributed by atoms with van der Waals surface area (Å²) in [7, 11) is 6.86. The minimum absolute atomic E-state index is 0.0391. The highest BCUT2D eigenvalue weighted by atomic mass is 16.6. The third-order valence-electron chi connectivity index (χ3n) is 7.11. The number of carbonyl (C=O) groups excluding carboxylic acids is 1. The van der Waals surface area contributed by atoms with Gasteiger partial charge in [0.15, 0.2) is 11.5 Å². The molecule has 0 radical (unpaired) electrons. The van der Waals surface area contributed by atoms with Crippen molar-refractivity contribution in [1.29, 1.82) is 0 Å².